The third-order valence-corrected chi connectivity index (χ3v) is 5.17. The molecule has 28 heavy (non-hydrogen) atoms. The lowest BCUT2D eigenvalue weighted by Crippen LogP contribution is -2.51. The van der Waals surface area contributed by atoms with Gasteiger partial charge in [-0.2, -0.15) is 0 Å². The zero-order valence-electron chi connectivity index (χ0n) is 17.0. The molecule has 0 aliphatic carbocycles. The molecule has 5 heteroatoms. The first kappa shape index (κ1) is 20.1. The largest absolute Gasteiger partial charge is 0.339 e. The van der Waals surface area contributed by atoms with E-state index >= 15 is 0 Å². The van der Waals surface area contributed by atoms with Crippen molar-refractivity contribution in [1.82, 2.24) is 9.80 Å². The van der Waals surface area contributed by atoms with Gasteiger partial charge in [-0.05, 0) is 42.7 Å². The highest BCUT2D eigenvalue weighted by atomic mass is 16.2. The SMILES string of the molecule is CC(=O)N(CC(=O)N1CCN(Cc2ccccc2)CC1)c1cc(C)cc(C)c1. The summed E-state index contributed by atoms with van der Waals surface area (Å²) in [5, 5.41) is 0. The fourth-order valence-electron chi connectivity index (χ4n) is 3.72. The van der Waals surface area contributed by atoms with E-state index in [1.54, 1.807) is 4.90 Å². The monoisotopic (exact) mass is 379 g/mol. The Morgan fingerprint density at radius 2 is 1.54 bits per heavy atom. The summed E-state index contributed by atoms with van der Waals surface area (Å²) in [4.78, 5) is 30.8. The molecule has 1 aliphatic rings. The maximum absolute atomic E-state index is 12.8. The van der Waals surface area contributed by atoms with E-state index < -0.39 is 0 Å². The normalized spacial score (nSPS) is 14.8. The molecule has 0 atom stereocenters. The Morgan fingerprint density at radius 1 is 0.929 bits per heavy atom. The third-order valence-electron chi connectivity index (χ3n) is 5.17. The maximum Gasteiger partial charge on any atom is 0.242 e. The summed E-state index contributed by atoms with van der Waals surface area (Å²) in [7, 11) is 0. The predicted molar refractivity (Wildman–Crippen MR) is 112 cm³/mol. The number of hydrogen-bond donors (Lipinski definition) is 0. The van der Waals surface area contributed by atoms with Crippen LogP contribution in [0.5, 0.6) is 0 Å². The Kier molecular flexibility index (Phi) is 6.47. The fraction of sp³-hybridized carbons (Fsp3) is 0.391. The first-order chi connectivity index (χ1) is 13.4. The van der Waals surface area contributed by atoms with Crippen molar-refractivity contribution in [2.24, 2.45) is 0 Å². The summed E-state index contributed by atoms with van der Waals surface area (Å²) in [6, 6.07) is 16.4. The van der Waals surface area contributed by atoms with E-state index in [0.29, 0.717) is 13.1 Å². The van der Waals surface area contributed by atoms with Crippen LogP contribution < -0.4 is 4.90 Å². The van der Waals surface area contributed by atoms with Gasteiger partial charge in [-0.3, -0.25) is 14.5 Å². The molecule has 148 valence electrons. The molecule has 0 radical (unpaired) electrons. The molecule has 2 amide bonds. The first-order valence-corrected chi connectivity index (χ1v) is 9.83. The summed E-state index contributed by atoms with van der Waals surface area (Å²) in [5.74, 6) is -0.102. The zero-order chi connectivity index (χ0) is 20.1. The summed E-state index contributed by atoms with van der Waals surface area (Å²) in [6.45, 7) is 9.62. The van der Waals surface area contributed by atoms with Crippen LogP contribution in [0.4, 0.5) is 5.69 Å². The van der Waals surface area contributed by atoms with Crippen molar-refractivity contribution in [3.8, 4) is 0 Å². The van der Waals surface area contributed by atoms with Gasteiger partial charge in [0.25, 0.3) is 0 Å². The number of amides is 2. The van der Waals surface area contributed by atoms with E-state index in [4.69, 9.17) is 0 Å². The number of carbonyl (C=O) groups is 2. The number of benzene rings is 2. The quantitative estimate of drug-likeness (QED) is 0.802. The van der Waals surface area contributed by atoms with Gasteiger partial charge in [0.1, 0.15) is 6.54 Å². The topological polar surface area (TPSA) is 43.9 Å². The summed E-state index contributed by atoms with van der Waals surface area (Å²) < 4.78 is 0. The summed E-state index contributed by atoms with van der Waals surface area (Å²) in [6.07, 6.45) is 0. The van der Waals surface area contributed by atoms with E-state index in [9.17, 15) is 9.59 Å². The standard InChI is InChI=1S/C23H29N3O2/c1-18-13-19(2)15-22(14-18)26(20(3)27)17-23(28)25-11-9-24(10-12-25)16-21-7-5-4-6-8-21/h4-8,13-15H,9-12,16-17H2,1-3H3. The van der Waals surface area contributed by atoms with Gasteiger partial charge < -0.3 is 9.80 Å². The molecule has 0 N–H and O–H groups in total. The second-order valence-corrected chi connectivity index (χ2v) is 7.59. The van der Waals surface area contributed by atoms with Crippen LogP contribution in [0.3, 0.4) is 0 Å². The highest BCUT2D eigenvalue weighted by Gasteiger charge is 2.24. The minimum atomic E-state index is -0.110. The molecule has 0 unspecified atom stereocenters. The molecule has 0 saturated carbocycles. The van der Waals surface area contributed by atoms with E-state index in [1.807, 2.05) is 36.9 Å². The van der Waals surface area contributed by atoms with Crippen molar-refractivity contribution in [3.05, 3.63) is 65.2 Å². The Labute approximate surface area is 167 Å². The Balaban J connectivity index is 1.58. The molecule has 0 spiro atoms. The van der Waals surface area contributed by atoms with Gasteiger partial charge in [-0.1, -0.05) is 36.4 Å². The van der Waals surface area contributed by atoms with Crippen molar-refractivity contribution in [3.63, 3.8) is 0 Å². The first-order valence-electron chi connectivity index (χ1n) is 9.83. The van der Waals surface area contributed by atoms with Crippen LogP contribution in [-0.4, -0.2) is 54.3 Å². The van der Waals surface area contributed by atoms with Crippen LogP contribution >= 0.6 is 0 Å². The molecule has 5 nitrogen and oxygen atoms in total. The summed E-state index contributed by atoms with van der Waals surface area (Å²) >= 11 is 0. The van der Waals surface area contributed by atoms with Crippen molar-refractivity contribution in [2.45, 2.75) is 27.3 Å². The van der Waals surface area contributed by atoms with Gasteiger partial charge >= 0.3 is 0 Å². The number of hydrogen-bond acceptors (Lipinski definition) is 3. The molecule has 2 aromatic carbocycles. The number of nitrogens with zero attached hydrogens (tertiary/aromatic N) is 3. The molecular formula is C23H29N3O2. The second-order valence-electron chi connectivity index (χ2n) is 7.59. The molecule has 0 bridgehead atoms. The number of piperazine rings is 1. The van der Waals surface area contributed by atoms with Crippen molar-refractivity contribution >= 4 is 17.5 Å². The van der Waals surface area contributed by atoms with E-state index in [0.717, 1.165) is 36.4 Å². The lowest BCUT2D eigenvalue weighted by atomic mass is 10.1. The zero-order valence-corrected chi connectivity index (χ0v) is 17.0. The number of anilines is 1. The lowest BCUT2D eigenvalue weighted by Gasteiger charge is -2.35. The van der Waals surface area contributed by atoms with Crippen LogP contribution in [0, 0.1) is 13.8 Å². The molecule has 1 saturated heterocycles. The number of aryl methyl sites for hydroxylation is 2. The van der Waals surface area contributed by atoms with Gasteiger partial charge in [-0.25, -0.2) is 0 Å². The highest BCUT2D eigenvalue weighted by Crippen LogP contribution is 2.19. The predicted octanol–water partition coefficient (Wildman–Crippen LogP) is 3.00. The van der Waals surface area contributed by atoms with Crippen molar-refractivity contribution < 1.29 is 9.59 Å². The van der Waals surface area contributed by atoms with Crippen LogP contribution in [0.15, 0.2) is 48.5 Å². The minimum absolute atomic E-state index is 0.00807. The van der Waals surface area contributed by atoms with Gasteiger partial charge in [-0.15, -0.1) is 0 Å². The average molecular weight is 380 g/mol. The van der Waals surface area contributed by atoms with Gasteiger partial charge in [0.2, 0.25) is 11.8 Å². The van der Waals surface area contributed by atoms with Crippen LogP contribution in [0.2, 0.25) is 0 Å². The Bertz CT molecular complexity index is 807. The Hall–Kier alpha value is -2.66. The smallest absolute Gasteiger partial charge is 0.242 e. The van der Waals surface area contributed by atoms with Gasteiger partial charge in [0, 0.05) is 45.3 Å². The van der Waals surface area contributed by atoms with Gasteiger partial charge in [0.05, 0.1) is 0 Å². The maximum atomic E-state index is 12.8. The van der Waals surface area contributed by atoms with Crippen molar-refractivity contribution in [2.75, 3.05) is 37.6 Å². The molecular weight excluding hydrogens is 350 g/mol. The van der Waals surface area contributed by atoms with E-state index in [2.05, 4.69) is 35.2 Å². The Morgan fingerprint density at radius 3 is 2.11 bits per heavy atom. The van der Waals surface area contributed by atoms with Crippen molar-refractivity contribution in [1.29, 1.82) is 0 Å². The number of rotatable bonds is 5. The average Bonchev–Trinajstić information content (AvgIpc) is 2.66. The molecule has 1 fully saturated rings. The van der Waals surface area contributed by atoms with Gasteiger partial charge in [0.15, 0.2) is 0 Å². The second kappa shape index (κ2) is 9.02. The van der Waals surface area contributed by atoms with Crippen LogP contribution in [0.25, 0.3) is 0 Å². The highest BCUT2D eigenvalue weighted by molar-refractivity contribution is 5.97. The molecule has 3 rings (SSSR count). The summed E-state index contributed by atoms with van der Waals surface area (Å²) in [5.41, 5.74) is 4.26. The fourth-order valence-corrected chi connectivity index (χ4v) is 3.72. The van der Waals surface area contributed by atoms with E-state index in [-0.39, 0.29) is 18.4 Å². The molecule has 0 aromatic heterocycles. The van der Waals surface area contributed by atoms with Crippen LogP contribution in [-0.2, 0) is 16.1 Å². The molecule has 1 aliphatic heterocycles. The van der Waals surface area contributed by atoms with E-state index in [1.165, 1.54) is 12.5 Å². The molecule has 2 aromatic rings. The van der Waals surface area contributed by atoms with Crippen LogP contribution in [0.1, 0.15) is 23.6 Å². The lowest BCUT2D eigenvalue weighted by molar-refractivity contribution is -0.132. The molecule has 1 heterocycles. The number of carbonyl (C=O) groups excluding carboxylic acids is 2. The third kappa shape index (κ3) is 5.20. The minimum Gasteiger partial charge on any atom is -0.339 e.